The Morgan fingerprint density at radius 1 is 0.692 bits per heavy atom. The van der Waals surface area contributed by atoms with E-state index in [-0.39, 0.29) is 0 Å². The third-order valence-electron chi connectivity index (χ3n) is 7.85. The van der Waals surface area contributed by atoms with Crippen LogP contribution in [0.4, 0.5) is 0 Å². The van der Waals surface area contributed by atoms with Crippen molar-refractivity contribution in [3.63, 3.8) is 0 Å². The van der Waals surface area contributed by atoms with Gasteiger partial charge in [-0.05, 0) is 39.8 Å². The lowest BCUT2D eigenvalue weighted by molar-refractivity contribution is -0.162. The maximum atomic E-state index is 13.8. The molecular weight excluding hydrogens is 486 g/mol. The summed E-state index contributed by atoms with van der Waals surface area (Å²) in [5.74, 6) is -1.65. The molecule has 0 aliphatic heterocycles. The van der Waals surface area contributed by atoms with Gasteiger partial charge < -0.3 is 9.47 Å². The number of carbonyl (C=O) groups excluding carboxylic acids is 2. The molecule has 1 aliphatic carbocycles. The van der Waals surface area contributed by atoms with Crippen molar-refractivity contribution < 1.29 is 19.1 Å². The maximum Gasteiger partial charge on any atom is 0.324 e. The lowest BCUT2D eigenvalue weighted by Gasteiger charge is -2.48. The monoisotopic (exact) mass is 519 g/mol. The highest BCUT2D eigenvalue weighted by atomic mass is 16.5. The molecule has 2 atom stereocenters. The minimum absolute atomic E-state index is 0.395. The Balaban J connectivity index is 1.90. The highest BCUT2D eigenvalue weighted by Crippen LogP contribution is 2.55. The standard InChI is InChI=1S/C34H33NO4/c1-4-26(32(36)38-2)31(33(37)39-3)35(23-24-15-7-5-8-16-24)34(25-17-9-6-10-18-25)29-21-13-11-19-27(29)28-20-12-14-22-30(28)34/h5-22,26,31H,4,23H2,1-3H3/t26-,31-/m1/s1. The van der Waals surface area contributed by atoms with Gasteiger partial charge in [-0.15, -0.1) is 0 Å². The summed E-state index contributed by atoms with van der Waals surface area (Å²) in [5, 5.41) is 0. The Labute approximate surface area is 230 Å². The molecule has 5 heteroatoms. The van der Waals surface area contributed by atoms with Gasteiger partial charge in [-0.2, -0.15) is 0 Å². The van der Waals surface area contributed by atoms with E-state index < -0.39 is 29.4 Å². The van der Waals surface area contributed by atoms with E-state index in [4.69, 9.17) is 9.47 Å². The van der Waals surface area contributed by atoms with E-state index >= 15 is 0 Å². The Kier molecular flexibility index (Phi) is 7.62. The first-order chi connectivity index (χ1) is 19.1. The topological polar surface area (TPSA) is 55.8 Å². The molecule has 0 unspecified atom stereocenters. The van der Waals surface area contributed by atoms with Gasteiger partial charge in [0.2, 0.25) is 0 Å². The SMILES string of the molecule is CC[C@@H](C(=O)OC)[C@H](C(=O)OC)N(Cc1ccccc1)C1(c2ccccc2)c2ccccc2-c2ccccc21. The number of esters is 2. The Morgan fingerprint density at radius 3 is 1.69 bits per heavy atom. The molecule has 0 spiro atoms. The van der Waals surface area contributed by atoms with Crippen molar-refractivity contribution in [2.75, 3.05) is 14.2 Å². The Morgan fingerprint density at radius 2 is 1.18 bits per heavy atom. The van der Waals surface area contributed by atoms with Crippen LogP contribution in [0.15, 0.2) is 109 Å². The number of carbonyl (C=O) groups is 2. The average Bonchev–Trinajstić information content (AvgIpc) is 3.30. The second-order valence-electron chi connectivity index (χ2n) is 9.79. The van der Waals surface area contributed by atoms with Crippen LogP contribution in [-0.2, 0) is 31.1 Å². The summed E-state index contributed by atoms with van der Waals surface area (Å²) in [5.41, 5.74) is 5.46. The van der Waals surface area contributed by atoms with Gasteiger partial charge >= 0.3 is 11.9 Å². The van der Waals surface area contributed by atoms with Crippen LogP contribution in [0, 0.1) is 5.92 Å². The molecule has 1 aliphatic rings. The molecule has 0 aromatic heterocycles. The van der Waals surface area contributed by atoms with E-state index in [0.29, 0.717) is 13.0 Å². The van der Waals surface area contributed by atoms with Gasteiger partial charge in [0.15, 0.2) is 0 Å². The number of benzene rings is 4. The molecule has 0 amide bonds. The van der Waals surface area contributed by atoms with Crippen molar-refractivity contribution in [1.82, 2.24) is 4.90 Å². The van der Waals surface area contributed by atoms with Crippen LogP contribution in [0.25, 0.3) is 11.1 Å². The summed E-state index contributed by atoms with van der Waals surface area (Å²) in [6, 6.07) is 36.0. The summed E-state index contributed by atoms with van der Waals surface area (Å²) < 4.78 is 10.7. The predicted molar refractivity (Wildman–Crippen MR) is 152 cm³/mol. The van der Waals surface area contributed by atoms with Gasteiger partial charge in [0, 0.05) is 6.54 Å². The van der Waals surface area contributed by atoms with Crippen molar-refractivity contribution >= 4 is 11.9 Å². The zero-order chi connectivity index (χ0) is 27.4. The van der Waals surface area contributed by atoms with Crippen LogP contribution >= 0.6 is 0 Å². The highest BCUT2D eigenvalue weighted by molar-refractivity contribution is 5.87. The first-order valence-corrected chi connectivity index (χ1v) is 13.3. The number of fused-ring (bicyclic) bond motifs is 3. The van der Waals surface area contributed by atoms with E-state index in [1.807, 2.05) is 79.7 Å². The van der Waals surface area contributed by atoms with Gasteiger partial charge in [-0.1, -0.05) is 116 Å². The fourth-order valence-corrected chi connectivity index (χ4v) is 6.18. The van der Waals surface area contributed by atoms with Gasteiger partial charge in [-0.3, -0.25) is 14.5 Å². The summed E-state index contributed by atoms with van der Waals surface area (Å²) in [6.07, 6.45) is 0.409. The smallest absolute Gasteiger partial charge is 0.324 e. The van der Waals surface area contributed by atoms with Crippen LogP contribution in [0.2, 0.25) is 0 Å². The fourth-order valence-electron chi connectivity index (χ4n) is 6.18. The van der Waals surface area contributed by atoms with E-state index in [9.17, 15) is 9.59 Å². The fraction of sp³-hybridized carbons (Fsp3) is 0.235. The molecule has 0 fully saturated rings. The molecule has 0 saturated carbocycles. The van der Waals surface area contributed by atoms with Crippen LogP contribution in [-0.4, -0.2) is 37.1 Å². The van der Waals surface area contributed by atoms with Crippen LogP contribution < -0.4 is 0 Å². The number of nitrogens with zero attached hydrogens (tertiary/aromatic N) is 1. The maximum absolute atomic E-state index is 13.8. The van der Waals surface area contributed by atoms with Crippen LogP contribution in [0.5, 0.6) is 0 Å². The van der Waals surface area contributed by atoms with E-state index in [1.165, 1.54) is 14.2 Å². The molecule has 5 nitrogen and oxygen atoms in total. The van der Waals surface area contributed by atoms with Crippen molar-refractivity contribution in [2.45, 2.75) is 31.5 Å². The van der Waals surface area contributed by atoms with Gasteiger partial charge in [0.05, 0.1) is 25.7 Å². The highest BCUT2D eigenvalue weighted by Gasteiger charge is 2.54. The largest absolute Gasteiger partial charge is 0.469 e. The van der Waals surface area contributed by atoms with Gasteiger partial charge in [0.1, 0.15) is 6.04 Å². The van der Waals surface area contributed by atoms with Crippen molar-refractivity contribution in [1.29, 1.82) is 0 Å². The molecule has 5 rings (SSSR count). The van der Waals surface area contributed by atoms with Crippen LogP contribution in [0.1, 0.15) is 35.6 Å². The van der Waals surface area contributed by atoms with Gasteiger partial charge in [0.25, 0.3) is 0 Å². The lowest BCUT2D eigenvalue weighted by Crippen LogP contribution is -2.58. The Bertz CT molecular complexity index is 1410. The second-order valence-corrected chi connectivity index (χ2v) is 9.79. The molecule has 0 heterocycles. The summed E-state index contributed by atoms with van der Waals surface area (Å²) in [7, 11) is 2.75. The molecular formula is C34H33NO4. The minimum atomic E-state index is -0.924. The Hall–Kier alpha value is -4.22. The number of ether oxygens (including phenoxy) is 2. The number of hydrogen-bond donors (Lipinski definition) is 0. The third-order valence-corrected chi connectivity index (χ3v) is 7.85. The first-order valence-electron chi connectivity index (χ1n) is 13.3. The third kappa shape index (κ3) is 4.43. The number of methoxy groups -OCH3 is 2. The minimum Gasteiger partial charge on any atom is -0.469 e. The average molecular weight is 520 g/mol. The van der Waals surface area contributed by atoms with Gasteiger partial charge in [-0.25, -0.2) is 0 Å². The molecule has 0 N–H and O–H groups in total. The molecule has 0 saturated heterocycles. The quantitative estimate of drug-likeness (QED) is 0.246. The van der Waals surface area contributed by atoms with Crippen molar-refractivity contribution in [2.24, 2.45) is 5.92 Å². The summed E-state index contributed by atoms with van der Waals surface area (Å²) in [4.78, 5) is 29.3. The molecule has 39 heavy (non-hydrogen) atoms. The van der Waals surface area contributed by atoms with Crippen LogP contribution in [0.3, 0.4) is 0 Å². The summed E-state index contributed by atoms with van der Waals surface area (Å²) >= 11 is 0. The van der Waals surface area contributed by atoms with Crippen molar-refractivity contribution in [3.05, 3.63) is 131 Å². The van der Waals surface area contributed by atoms with E-state index in [1.54, 1.807) is 0 Å². The second kappa shape index (κ2) is 11.3. The lowest BCUT2D eigenvalue weighted by atomic mass is 9.76. The van der Waals surface area contributed by atoms with E-state index in [2.05, 4.69) is 41.3 Å². The zero-order valence-corrected chi connectivity index (χ0v) is 22.5. The van der Waals surface area contributed by atoms with Crippen molar-refractivity contribution in [3.8, 4) is 11.1 Å². The zero-order valence-electron chi connectivity index (χ0n) is 22.5. The number of hydrogen-bond acceptors (Lipinski definition) is 5. The molecule has 0 radical (unpaired) electrons. The summed E-state index contributed by atoms with van der Waals surface area (Å²) in [6.45, 7) is 2.30. The molecule has 198 valence electrons. The molecule has 4 aromatic carbocycles. The predicted octanol–water partition coefficient (Wildman–Crippen LogP) is 6.20. The number of rotatable bonds is 9. The molecule has 0 bridgehead atoms. The first kappa shape index (κ1) is 26.4. The normalized spacial score (nSPS) is 14.7. The van der Waals surface area contributed by atoms with E-state index in [0.717, 1.165) is 33.4 Å². The molecule has 4 aromatic rings.